The van der Waals surface area contributed by atoms with Gasteiger partial charge in [0.25, 0.3) is 5.69 Å². The molecule has 0 amide bonds. The summed E-state index contributed by atoms with van der Waals surface area (Å²) < 4.78 is 1.39. The van der Waals surface area contributed by atoms with Crippen LogP contribution in [0, 0.1) is 20.6 Å². The molecule has 13 heavy (non-hydrogen) atoms. The molecule has 0 aliphatic carbocycles. The van der Waals surface area contributed by atoms with Crippen molar-refractivity contribution in [3.63, 3.8) is 0 Å². The lowest BCUT2D eigenvalue weighted by molar-refractivity contribution is -0.384. The Morgan fingerprint density at radius 1 is 1.69 bits per heavy atom. The van der Waals surface area contributed by atoms with E-state index in [4.69, 9.17) is 5.73 Å². The Kier molecular flexibility index (Phi) is 3.12. The molecule has 0 unspecified atom stereocenters. The van der Waals surface area contributed by atoms with Crippen LogP contribution in [0.4, 0.5) is 11.4 Å². The van der Waals surface area contributed by atoms with Gasteiger partial charge in [-0.2, -0.15) is 0 Å². The average Bonchev–Trinajstić information content (AvgIpc) is 2.01. The Bertz CT molecular complexity index is 355. The van der Waals surface area contributed by atoms with Crippen molar-refractivity contribution in [2.24, 2.45) is 0 Å². The van der Waals surface area contributed by atoms with Crippen molar-refractivity contribution < 1.29 is 4.92 Å². The molecule has 4 nitrogen and oxygen atoms in total. The summed E-state index contributed by atoms with van der Waals surface area (Å²) in [5.41, 5.74) is 6.35. The van der Waals surface area contributed by atoms with Crippen molar-refractivity contribution in [2.45, 2.75) is 6.92 Å². The van der Waals surface area contributed by atoms with Crippen LogP contribution in [0.1, 0.15) is 5.56 Å². The number of benzene rings is 1. The minimum Gasteiger partial charge on any atom is -0.392 e. The fourth-order valence-corrected chi connectivity index (χ4v) is 2.37. The number of nitrogens with two attached hydrogens (primary N) is 1. The van der Waals surface area contributed by atoms with Gasteiger partial charge in [0.05, 0.1) is 4.92 Å². The van der Waals surface area contributed by atoms with Gasteiger partial charge in [0.1, 0.15) is 5.69 Å². The molecule has 0 radical (unpaired) electrons. The first-order valence-corrected chi connectivity index (χ1v) is 5.20. The Morgan fingerprint density at radius 3 is 2.69 bits per heavy atom. The van der Waals surface area contributed by atoms with Crippen LogP contribution in [-0.2, 0) is 0 Å². The number of nitro benzene ring substituents is 1. The first-order chi connectivity index (χ1) is 5.95. The minimum absolute atomic E-state index is 0.0150. The van der Waals surface area contributed by atoms with Crippen molar-refractivity contribution in [1.82, 2.24) is 0 Å². The van der Waals surface area contributed by atoms with E-state index >= 15 is 0 Å². The maximum atomic E-state index is 10.6. The highest BCUT2D eigenvalue weighted by molar-refractivity contribution is 14.1. The molecule has 0 atom stereocenters. The summed E-state index contributed by atoms with van der Waals surface area (Å²) in [6.07, 6.45) is 0. The van der Waals surface area contributed by atoms with Gasteiger partial charge in [0.2, 0.25) is 0 Å². The van der Waals surface area contributed by atoms with Crippen LogP contribution in [0.2, 0.25) is 0 Å². The number of hydrogen-bond donors (Lipinski definition) is 1. The molecule has 1 rings (SSSR count). The van der Waals surface area contributed by atoms with Crippen molar-refractivity contribution in [3.8, 4) is 0 Å². The van der Waals surface area contributed by atoms with Crippen LogP contribution in [0.3, 0.4) is 0 Å². The SMILES string of the molecule is Cc1c(Br)cc(I)c(N)c1[N+](=O)[O-]. The Morgan fingerprint density at radius 2 is 2.23 bits per heavy atom. The van der Waals surface area contributed by atoms with Gasteiger partial charge < -0.3 is 5.73 Å². The highest BCUT2D eigenvalue weighted by atomic mass is 127. The second-order valence-corrected chi connectivity index (χ2v) is 4.50. The minimum atomic E-state index is -0.461. The van der Waals surface area contributed by atoms with Gasteiger partial charge in [-0.1, -0.05) is 15.9 Å². The van der Waals surface area contributed by atoms with Crippen LogP contribution in [0.25, 0.3) is 0 Å². The molecule has 0 aliphatic heterocycles. The van der Waals surface area contributed by atoms with E-state index in [-0.39, 0.29) is 11.4 Å². The summed E-state index contributed by atoms with van der Waals surface area (Å²) in [4.78, 5) is 10.2. The van der Waals surface area contributed by atoms with Crippen molar-refractivity contribution >= 4 is 49.9 Å². The van der Waals surface area contributed by atoms with Crippen molar-refractivity contribution in [2.75, 3.05) is 5.73 Å². The maximum Gasteiger partial charge on any atom is 0.297 e. The summed E-state index contributed by atoms with van der Waals surface area (Å²) in [7, 11) is 0. The average molecular weight is 357 g/mol. The zero-order valence-electron chi connectivity index (χ0n) is 6.67. The van der Waals surface area contributed by atoms with Crippen LogP contribution >= 0.6 is 38.5 Å². The van der Waals surface area contributed by atoms with Gasteiger partial charge in [-0.15, -0.1) is 0 Å². The molecule has 0 saturated heterocycles. The third-order valence-electron chi connectivity index (χ3n) is 1.66. The largest absolute Gasteiger partial charge is 0.392 e. The standard InChI is InChI=1S/C7H6BrIN2O2/c1-3-4(8)2-5(9)6(10)7(3)11(12)13/h2H,10H2,1H3. The molecule has 0 aromatic heterocycles. The van der Waals surface area contributed by atoms with E-state index in [9.17, 15) is 10.1 Å². The highest BCUT2D eigenvalue weighted by Gasteiger charge is 2.20. The smallest absolute Gasteiger partial charge is 0.297 e. The van der Waals surface area contributed by atoms with Gasteiger partial charge in [-0.3, -0.25) is 10.1 Å². The molecular formula is C7H6BrIN2O2. The summed E-state index contributed by atoms with van der Waals surface area (Å²) >= 11 is 5.20. The molecule has 0 heterocycles. The van der Waals surface area contributed by atoms with E-state index in [1.807, 2.05) is 22.6 Å². The second kappa shape index (κ2) is 3.79. The van der Waals surface area contributed by atoms with E-state index in [1.54, 1.807) is 13.0 Å². The topological polar surface area (TPSA) is 69.2 Å². The fraction of sp³-hybridized carbons (Fsp3) is 0.143. The summed E-state index contributed by atoms with van der Waals surface area (Å²) in [5.74, 6) is 0. The Hall–Kier alpha value is -0.370. The van der Waals surface area contributed by atoms with E-state index < -0.39 is 4.92 Å². The number of nitrogen functional groups attached to an aromatic ring is 1. The van der Waals surface area contributed by atoms with Crippen LogP contribution in [0.5, 0.6) is 0 Å². The molecule has 0 aliphatic rings. The van der Waals surface area contributed by atoms with Gasteiger partial charge in [-0.25, -0.2) is 0 Å². The molecule has 1 aromatic carbocycles. The number of rotatable bonds is 1. The molecule has 0 bridgehead atoms. The van der Waals surface area contributed by atoms with Crippen molar-refractivity contribution in [3.05, 3.63) is 29.8 Å². The second-order valence-electron chi connectivity index (χ2n) is 2.48. The van der Waals surface area contributed by atoms with Crippen LogP contribution in [0.15, 0.2) is 10.5 Å². The summed E-state index contributed by atoms with van der Waals surface area (Å²) in [6.45, 7) is 1.66. The lowest BCUT2D eigenvalue weighted by Crippen LogP contribution is -2.01. The highest BCUT2D eigenvalue weighted by Crippen LogP contribution is 2.35. The number of halogens is 2. The summed E-state index contributed by atoms with van der Waals surface area (Å²) in [6, 6.07) is 1.76. The van der Waals surface area contributed by atoms with Gasteiger partial charge in [0.15, 0.2) is 0 Å². The van der Waals surface area contributed by atoms with E-state index in [0.29, 0.717) is 13.6 Å². The molecule has 0 fully saturated rings. The Balaban J connectivity index is 3.56. The quantitative estimate of drug-likeness (QED) is 0.364. The van der Waals surface area contributed by atoms with Gasteiger partial charge in [-0.05, 0) is 35.6 Å². The predicted octanol–water partition coefficient (Wildman–Crippen LogP) is 2.85. The molecular weight excluding hydrogens is 351 g/mol. The maximum absolute atomic E-state index is 10.6. The monoisotopic (exact) mass is 356 g/mol. The lowest BCUT2D eigenvalue weighted by atomic mass is 10.2. The predicted molar refractivity (Wildman–Crippen MR) is 62.7 cm³/mol. The number of nitro groups is 1. The number of hydrogen-bond acceptors (Lipinski definition) is 3. The molecule has 1 aromatic rings. The normalized spacial score (nSPS) is 10.1. The Labute approximate surface area is 96.9 Å². The molecule has 70 valence electrons. The van der Waals surface area contributed by atoms with E-state index in [2.05, 4.69) is 15.9 Å². The zero-order chi connectivity index (χ0) is 10.2. The third kappa shape index (κ3) is 1.93. The molecule has 0 spiro atoms. The fourth-order valence-electron chi connectivity index (χ4n) is 0.961. The van der Waals surface area contributed by atoms with Gasteiger partial charge >= 0.3 is 0 Å². The van der Waals surface area contributed by atoms with Gasteiger partial charge in [0, 0.05) is 13.6 Å². The number of nitrogens with zero attached hydrogens (tertiary/aromatic N) is 1. The zero-order valence-corrected chi connectivity index (χ0v) is 10.4. The first kappa shape index (κ1) is 10.7. The molecule has 0 saturated carbocycles. The van der Waals surface area contributed by atoms with Crippen LogP contribution < -0.4 is 5.73 Å². The first-order valence-electron chi connectivity index (χ1n) is 3.33. The van der Waals surface area contributed by atoms with Crippen molar-refractivity contribution in [1.29, 1.82) is 0 Å². The molecule has 2 N–H and O–H groups in total. The van der Waals surface area contributed by atoms with E-state index in [1.165, 1.54) is 0 Å². The summed E-state index contributed by atoms with van der Waals surface area (Å²) in [5, 5.41) is 10.6. The molecule has 6 heteroatoms. The number of anilines is 1. The lowest BCUT2D eigenvalue weighted by Gasteiger charge is -2.05. The van der Waals surface area contributed by atoms with Crippen LogP contribution in [-0.4, -0.2) is 4.92 Å². The third-order valence-corrected chi connectivity index (χ3v) is 3.38. The van der Waals surface area contributed by atoms with E-state index in [0.717, 1.165) is 0 Å².